The van der Waals surface area contributed by atoms with Crippen molar-refractivity contribution in [2.24, 2.45) is 5.92 Å². The van der Waals surface area contributed by atoms with Crippen molar-refractivity contribution in [1.82, 2.24) is 19.9 Å². The van der Waals surface area contributed by atoms with Gasteiger partial charge in [-0.15, -0.1) is 11.3 Å². The van der Waals surface area contributed by atoms with Gasteiger partial charge in [0.1, 0.15) is 11.4 Å². The number of hydrogen-bond donors (Lipinski definition) is 2. The van der Waals surface area contributed by atoms with Crippen LogP contribution < -0.4 is 15.6 Å². The minimum Gasteiger partial charge on any atom is -0.477 e. The topological polar surface area (TPSA) is 127 Å². The van der Waals surface area contributed by atoms with E-state index in [2.05, 4.69) is 10.3 Å². The van der Waals surface area contributed by atoms with Crippen LogP contribution in [-0.2, 0) is 9.53 Å². The number of carbonyl (C=O) groups is 2. The summed E-state index contributed by atoms with van der Waals surface area (Å²) in [6, 6.07) is 1.77. The van der Waals surface area contributed by atoms with Gasteiger partial charge in [0.2, 0.25) is 11.3 Å². The van der Waals surface area contributed by atoms with E-state index in [9.17, 15) is 19.5 Å². The lowest BCUT2D eigenvalue weighted by Crippen LogP contribution is -2.54. The molecule has 0 bridgehead atoms. The van der Waals surface area contributed by atoms with Crippen molar-refractivity contribution in [2.45, 2.75) is 38.7 Å². The maximum absolute atomic E-state index is 12.9. The second-order valence-electron chi connectivity index (χ2n) is 9.03. The maximum atomic E-state index is 12.9. The third kappa shape index (κ3) is 4.65. The number of aromatic nitrogens is 3. The van der Waals surface area contributed by atoms with Crippen molar-refractivity contribution in [2.75, 3.05) is 31.1 Å². The Morgan fingerprint density at radius 1 is 1.31 bits per heavy atom. The smallest absolute Gasteiger partial charge is 0.341 e. The van der Waals surface area contributed by atoms with Gasteiger partial charge in [-0.3, -0.25) is 14.2 Å². The summed E-state index contributed by atoms with van der Waals surface area (Å²) in [5.74, 6) is -0.754. The van der Waals surface area contributed by atoms with Gasteiger partial charge in [-0.05, 0) is 44.2 Å². The second-order valence-corrected chi connectivity index (χ2v) is 9.90. The number of nitrogens with one attached hydrogen (secondary N) is 1. The average molecular weight is 498 g/mol. The van der Waals surface area contributed by atoms with Crippen LogP contribution in [0, 0.1) is 12.8 Å². The highest BCUT2D eigenvalue weighted by molar-refractivity contribution is 7.12. The lowest BCUT2D eigenvalue weighted by Gasteiger charge is -2.39. The molecule has 5 rings (SSSR count). The van der Waals surface area contributed by atoms with E-state index in [0.29, 0.717) is 41.8 Å². The predicted molar refractivity (Wildman–Crippen MR) is 132 cm³/mol. The maximum Gasteiger partial charge on any atom is 0.341 e. The molecule has 0 saturated carbocycles. The molecule has 0 aliphatic carbocycles. The summed E-state index contributed by atoms with van der Waals surface area (Å²) in [4.78, 5) is 48.1. The van der Waals surface area contributed by atoms with Crippen LogP contribution in [0.25, 0.3) is 16.2 Å². The largest absolute Gasteiger partial charge is 0.477 e. The average Bonchev–Trinajstić information content (AvgIpc) is 3.33. The van der Waals surface area contributed by atoms with Crippen LogP contribution in [0.4, 0.5) is 5.82 Å². The second kappa shape index (κ2) is 9.74. The molecule has 2 N–H and O–H groups in total. The molecule has 184 valence electrons. The highest BCUT2D eigenvalue weighted by atomic mass is 32.1. The van der Waals surface area contributed by atoms with Crippen molar-refractivity contribution >= 4 is 40.1 Å². The number of carboxylic acid groups (broad SMARTS) is 1. The molecule has 10 nitrogen and oxygen atoms in total. The Morgan fingerprint density at radius 3 is 2.83 bits per heavy atom. The molecule has 11 heteroatoms. The number of aryl methyl sites for hydroxylation is 1. The first-order chi connectivity index (χ1) is 16.9. The number of fused-ring (bicyclic) bond motifs is 1. The molecule has 1 amide bonds. The third-order valence-corrected chi connectivity index (χ3v) is 7.38. The van der Waals surface area contributed by atoms with Gasteiger partial charge in [0, 0.05) is 44.0 Å². The van der Waals surface area contributed by atoms with Gasteiger partial charge in [-0.2, -0.15) is 0 Å². The van der Waals surface area contributed by atoms with Crippen LogP contribution in [0.3, 0.4) is 0 Å². The zero-order chi connectivity index (χ0) is 24.5. The first-order valence-electron chi connectivity index (χ1n) is 11.8. The van der Waals surface area contributed by atoms with E-state index in [1.807, 2.05) is 4.90 Å². The molecule has 2 aliphatic heterocycles. The SMILES string of the molecule is Cc1cc(N2CC(C(=O)NCCC3CCCCO3)C2)nc2c1c(=O)c(C(=O)O)cn2-c1nccs1. The van der Waals surface area contributed by atoms with E-state index in [1.54, 1.807) is 29.1 Å². The highest BCUT2D eigenvalue weighted by Gasteiger charge is 2.34. The Hall–Kier alpha value is -3.31. The third-order valence-electron chi connectivity index (χ3n) is 6.61. The van der Waals surface area contributed by atoms with E-state index >= 15 is 0 Å². The van der Waals surface area contributed by atoms with E-state index in [0.717, 1.165) is 25.9 Å². The van der Waals surface area contributed by atoms with Crippen molar-refractivity contribution in [3.05, 3.63) is 45.2 Å². The molecule has 3 aromatic heterocycles. The zero-order valence-electron chi connectivity index (χ0n) is 19.4. The van der Waals surface area contributed by atoms with Crippen molar-refractivity contribution in [1.29, 1.82) is 0 Å². The predicted octanol–water partition coefficient (Wildman–Crippen LogP) is 2.36. The van der Waals surface area contributed by atoms with E-state index in [4.69, 9.17) is 9.72 Å². The Morgan fingerprint density at radius 2 is 2.14 bits per heavy atom. The standard InChI is InChI=1S/C24H27N5O5S/c1-14-10-18(28-11-15(12-28)22(31)25-6-5-16-4-2-3-8-34-16)27-21-19(14)20(30)17(23(32)33)13-29(21)24-26-7-9-35-24/h7,9-10,13,15-16H,2-6,8,11-12H2,1H3,(H,25,31)(H,32,33). The number of nitrogens with zero attached hydrogens (tertiary/aromatic N) is 4. The van der Waals surface area contributed by atoms with E-state index < -0.39 is 11.4 Å². The van der Waals surface area contributed by atoms with Gasteiger partial charge in [-0.25, -0.2) is 14.8 Å². The van der Waals surface area contributed by atoms with Crippen molar-refractivity contribution < 1.29 is 19.4 Å². The molecule has 1 unspecified atom stereocenters. The molecular weight excluding hydrogens is 470 g/mol. The number of pyridine rings is 2. The van der Waals surface area contributed by atoms with E-state index in [1.165, 1.54) is 24.0 Å². The summed E-state index contributed by atoms with van der Waals surface area (Å²) in [5.41, 5.74) is 0.0819. The lowest BCUT2D eigenvalue weighted by molar-refractivity contribution is -0.125. The van der Waals surface area contributed by atoms with Gasteiger partial charge in [0.15, 0.2) is 10.8 Å². The fraction of sp³-hybridized carbons (Fsp3) is 0.458. The van der Waals surface area contributed by atoms with Crippen LogP contribution in [0.2, 0.25) is 0 Å². The number of amides is 1. The summed E-state index contributed by atoms with van der Waals surface area (Å²) in [7, 11) is 0. The number of ether oxygens (including phenoxy) is 1. The van der Waals surface area contributed by atoms with Crippen LogP contribution in [0.15, 0.2) is 28.6 Å². The minimum absolute atomic E-state index is 0.0281. The first-order valence-corrected chi connectivity index (χ1v) is 12.6. The van der Waals surface area contributed by atoms with Gasteiger partial charge in [0.05, 0.1) is 17.4 Å². The Labute approximate surface area is 205 Å². The number of carbonyl (C=O) groups excluding carboxylic acids is 1. The van der Waals surface area contributed by atoms with Crippen molar-refractivity contribution in [3.8, 4) is 5.13 Å². The fourth-order valence-electron chi connectivity index (χ4n) is 4.64. The van der Waals surface area contributed by atoms with Gasteiger partial charge >= 0.3 is 5.97 Å². The van der Waals surface area contributed by atoms with Crippen LogP contribution in [0.1, 0.15) is 41.6 Å². The van der Waals surface area contributed by atoms with Crippen LogP contribution >= 0.6 is 11.3 Å². The Bertz CT molecular complexity index is 1310. The van der Waals surface area contributed by atoms with E-state index in [-0.39, 0.29) is 28.9 Å². The molecule has 0 aromatic carbocycles. The van der Waals surface area contributed by atoms with Gasteiger partial charge < -0.3 is 20.1 Å². The molecule has 2 fully saturated rings. The van der Waals surface area contributed by atoms with Crippen LogP contribution in [0.5, 0.6) is 0 Å². The summed E-state index contributed by atoms with van der Waals surface area (Å²) in [6.45, 7) is 4.24. The normalized spacial score (nSPS) is 18.4. The lowest BCUT2D eigenvalue weighted by atomic mass is 9.98. The summed E-state index contributed by atoms with van der Waals surface area (Å²) >= 11 is 1.32. The first kappa shape index (κ1) is 23.4. The fourth-order valence-corrected chi connectivity index (χ4v) is 5.26. The van der Waals surface area contributed by atoms with Crippen LogP contribution in [-0.4, -0.2) is 63.9 Å². The molecule has 2 saturated heterocycles. The number of rotatable bonds is 7. The molecule has 3 aromatic rings. The monoisotopic (exact) mass is 497 g/mol. The van der Waals surface area contributed by atoms with Gasteiger partial charge in [-0.1, -0.05) is 0 Å². The molecule has 1 atom stereocenters. The number of thiazole rings is 1. The number of aromatic carboxylic acids is 1. The molecule has 0 spiro atoms. The summed E-state index contributed by atoms with van der Waals surface area (Å²) in [5, 5.41) is 15.1. The number of anilines is 1. The highest BCUT2D eigenvalue weighted by Crippen LogP contribution is 2.28. The number of carboxylic acids is 1. The zero-order valence-corrected chi connectivity index (χ0v) is 20.2. The minimum atomic E-state index is -1.29. The molecule has 0 radical (unpaired) electrons. The molecular formula is C24H27N5O5S. The summed E-state index contributed by atoms with van der Waals surface area (Å²) < 4.78 is 7.27. The molecule has 2 aliphatic rings. The van der Waals surface area contributed by atoms with Gasteiger partial charge in [0.25, 0.3) is 0 Å². The Kier molecular flexibility index (Phi) is 6.52. The molecule has 35 heavy (non-hydrogen) atoms. The molecule has 5 heterocycles. The quantitative estimate of drug-likeness (QED) is 0.509. The summed E-state index contributed by atoms with van der Waals surface area (Å²) in [6.07, 6.45) is 7.32. The number of hydrogen-bond acceptors (Lipinski definition) is 8. The van der Waals surface area contributed by atoms with Crippen molar-refractivity contribution in [3.63, 3.8) is 0 Å². The Balaban J connectivity index is 1.33.